The van der Waals surface area contributed by atoms with Gasteiger partial charge in [-0.05, 0) is 19.1 Å². The highest BCUT2D eigenvalue weighted by atomic mass is 19.4. The number of aromatic nitrogens is 2. The zero-order valence-electron chi connectivity index (χ0n) is 14.5. The van der Waals surface area contributed by atoms with Gasteiger partial charge in [-0.3, -0.25) is 4.99 Å². The maximum atomic E-state index is 13.5. The van der Waals surface area contributed by atoms with Crippen LogP contribution in [0.4, 0.5) is 31.1 Å². The molecule has 1 heterocycles. The average Bonchev–Trinajstić information content (AvgIpc) is 3.04. The predicted molar refractivity (Wildman–Crippen MR) is 86.2 cm³/mol. The van der Waals surface area contributed by atoms with Gasteiger partial charge in [0.25, 0.3) is 0 Å². The zero-order valence-corrected chi connectivity index (χ0v) is 14.5. The summed E-state index contributed by atoms with van der Waals surface area (Å²) in [7, 11) is 1.28. The van der Waals surface area contributed by atoms with Gasteiger partial charge in [-0.2, -0.15) is 26.3 Å². The SMILES string of the molecule is C/N=C(/c1ccc(-n2cnc(C(F)(F)F)c2)c(C(F)(F)F)c1)[C@H](C)OC(N)=O. The molecule has 0 aliphatic heterocycles. The molecule has 0 unspecified atom stereocenters. The van der Waals surface area contributed by atoms with Gasteiger partial charge in [-0.1, -0.05) is 6.07 Å². The fourth-order valence-corrected chi connectivity index (χ4v) is 2.52. The number of ether oxygens (including phenoxy) is 1. The molecule has 12 heteroatoms. The second-order valence-electron chi connectivity index (χ2n) is 5.58. The molecule has 28 heavy (non-hydrogen) atoms. The predicted octanol–water partition coefficient (Wildman–Crippen LogP) is 3.81. The first-order chi connectivity index (χ1) is 12.8. The van der Waals surface area contributed by atoms with Crippen molar-refractivity contribution >= 4 is 11.8 Å². The fraction of sp³-hybridized carbons (Fsp3) is 0.312. The van der Waals surface area contributed by atoms with Crippen LogP contribution in [-0.4, -0.2) is 34.5 Å². The van der Waals surface area contributed by atoms with E-state index in [1.165, 1.54) is 20.0 Å². The lowest BCUT2D eigenvalue weighted by atomic mass is 10.0. The molecule has 152 valence electrons. The molecular weight excluding hydrogens is 394 g/mol. The highest BCUT2D eigenvalue weighted by Gasteiger charge is 2.37. The van der Waals surface area contributed by atoms with Gasteiger partial charge in [-0.15, -0.1) is 0 Å². The van der Waals surface area contributed by atoms with Crippen molar-refractivity contribution < 1.29 is 35.9 Å². The third-order valence-corrected chi connectivity index (χ3v) is 3.67. The minimum atomic E-state index is -4.89. The Hall–Kier alpha value is -3.05. The summed E-state index contributed by atoms with van der Waals surface area (Å²) in [6.07, 6.45) is -10.8. The molecule has 2 N–H and O–H groups in total. The Morgan fingerprint density at radius 3 is 2.32 bits per heavy atom. The number of carbonyl (C=O) groups is 1. The number of nitrogens with two attached hydrogens (primary N) is 1. The van der Waals surface area contributed by atoms with Crippen LogP contribution >= 0.6 is 0 Å². The summed E-state index contributed by atoms with van der Waals surface area (Å²) in [6.45, 7) is 1.36. The molecule has 2 aromatic rings. The van der Waals surface area contributed by atoms with Crippen molar-refractivity contribution in [2.24, 2.45) is 10.7 Å². The van der Waals surface area contributed by atoms with E-state index in [0.717, 1.165) is 6.07 Å². The van der Waals surface area contributed by atoms with Crippen LogP contribution in [0.1, 0.15) is 23.7 Å². The van der Waals surface area contributed by atoms with E-state index in [-0.39, 0.29) is 11.3 Å². The summed E-state index contributed by atoms with van der Waals surface area (Å²) in [5.41, 5.74) is 1.76. The first-order valence-electron chi connectivity index (χ1n) is 7.60. The van der Waals surface area contributed by atoms with E-state index in [0.29, 0.717) is 23.2 Å². The Bertz CT molecular complexity index is 901. The summed E-state index contributed by atoms with van der Waals surface area (Å²) in [6, 6.07) is 2.88. The van der Waals surface area contributed by atoms with Gasteiger partial charge in [0, 0.05) is 18.8 Å². The molecule has 0 saturated carbocycles. The number of hydrogen-bond acceptors (Lipinski definition) is 4. The van der Waals surface area contributed by atoms with E-state index in [1.54, 1.807) is 0 Å². The van der Waals surface area contributed by atoms with Crippen LogP contribution in [0.5, 0.6) is 0 Å². The monoisotopic (exact) mass is 408 g/mol. The van der Waals surface area contributed by atoms with Gasteiger partial charge >= 0.3 is 18.4 Å². The standard InChI is InChI=1S/C16H14F6N4O2/c1-8(28-14(23)27)13(24-2)9-3-4-11(10(5-9)15(17,18)19)26-6-12(25-7-26)16(20,21)22/h3-8H,1-2H3,(H2,23,27)/b24-13+/t8-/m0/s1. The number of aliphatic imine (C=N–C) groups is 1. The van der Waals surface area contributed by atoms with E-state index in [9.17, 15) is 31.1 Å². The van der Waals surface area contributed by atoms with E-state index in [1.807, 2.05) is 0 Å². The van der Waals surface area contributed by atoms with Crippen LogP contribution in [-0.2, 0) is 17.1 Å². The second kappa shape index (κ2) is 7.52. The minimum Gasteiger partial charge on any atom is -0.440 e. The lowest BCUT2D eigenvalue weighted by molar-refractivity contribution is -0.140. The van der Waals surface area contributed by atoms with Gasteiger partial charge in [0.05, 0.1) is 23.3 Å². The van der Waals surface area contributed by atoms with Gasteiger partial charge in [0.2, 0.25) is 0 Å². The molecule has 0 aliphatic rings. The van der Waals surface area contributed by atoms with E-state index in [2.05, 4.69) is 9.98 Å². The van der Waals surface area contributed by atoms with Gasteiger partial charge < -0.3 is 15.0 Å². The van der Waals surface area contributed by atoms with Gasteiger partial charge in [0.15, 0.2) is 5.69 Å². The van der Waals surface area contributed by atoms with E-state index in [4.69, 9.17) is 10.5 Å². The number of benzene rings is 1. The first-order valence-corrected chi connectivity index (χ1v) is 7.60. The Labute approximate surface area is 154 Å². The van der Waals surface area contributed by atoms with Gasteiger partial charge in [-0.25, -0.2) is 9.78 Å². The Balaban J connectivity index is 2.56. The second-order valence-corrected chi connectivity index (χ2v) is 5.58. The Morgan fingerprint density at radius 1 is 1.21 bits per heavy atom. The molecule has 1 amide bonds. The molecule has 0 bridgehead atoms. The largest absolute Gasteiger partial charge is 0.440 e. The van der Waals surface area contributed by atoms with Crippen LogP contribution in [0.25, 0.3) is 5.69 Å². The maximum Gasteiger partial charge on any atom is 0.434 e. The van der Waals surface area contributed by atoms with Crippen molar-refractivity contribution in [2.75, 3.05) is 7.05 Å². The molecule has 1 atom stereocenters. The number of hydrogen-bond donors (Lipinski definition) is 1. The van der Waals surface area contributed by atoms with Crippen LogP contribution < -0.4 is 5.73 Å². The third-order valence-electron chi connectivity index (χ3n) is 3.67. The third kappa shape index (κ3) is 4.61. The topological polar surface area (TPSA) is 82.5 Å². The maximum absolute atomic E-state index is 13.5. The van der Waals surface area contributed by atoms with Crippen molar-refractivity contribution in [1.29, 1.82) is 0 Å². The van der Waals surface area contributed by atoms with Gasteiger partial charge in [0.1, 0.15) is 6.10 Å². The van der Waals surface area contributed by atoms with Crippen molar-refractivity contribution in [2.45, 2.75) is 25.4 Å². The molecule has 1 aromatic carbocycles. The molecule has 0 radical (unpaired) electrons. The summed E-state index contributed by atoms with van der Waals surface area (Å²) in [5.74, 6) is 0. The lowest BCUT2D eigenvalue weighted by Crippen LogP contribution is -2.28. The smallest absolute Gasteiger partial charge is 0.434 e. The normalized spacial score (nSPS) is 14.1. The number of rotatable bonds is 4. The highest BCUT2D eigenvalue weighted by molar-refractivity contribution is 6.04. The van der Waals surface area contributed by atoms with Crippen molar-refractivity contribution in [3.05, 3.63) is 47.5 Å². The molecule has 2 rings (SSSR count). The highest BCUT2D eigenvalue weighted by Crippen LogP contribution is 2.36. The fourth-order valence-electron chi connectivity index (χ4n) is 2.52. The van der Waals surface area contributed by atoms with E-state index >= 15 is 0 Å². The number of carbonyl (C=O) groups excluding carboxylic acids is 1. The molecule has 0 fully saturated rings. The molecule has 0 saturated heterocycles. The summed E-state index contributed by atoms with van der Waals surface area (Å²) >= 11 is 0. The van der Waals surface area contributed by atoms with Crippen molar-refractivity contribution in [3.8, 4) is 5.69 Å². The van der Waals surface area contributed by atoms with Crippen LogP contribution in [0.15, 0.2) is 35.7 Å². The number of amides is 1. The number of alkyl halides is 6. The minimum absolute atomic E-state index is 0.00235. The number of nitrogens with zero attached hydrogens (tertiary/aromatic N) is 3. The molecule has 1 aromatic heterocycles. The van der Waals surface area contributed by atoms with Crippen LogP contribution in [0.2, 0.25) is 0 Å². The van der Waals surface area contributed by atoms with E-state index < -0.39 is 41.5 Å². The number of halogens is 6. The first kappa shape index (κ1) is 21.3. The molecule has 0 aliphatic carbocycles. The summed E-state index contributed by atoms with van der Waals surface area (Å²) < 4.78 is 84.0. The lowest BCUT2D eigenvalue weighted by Gasteiger charge is -2.18. The molecule has 0 spiro atoms. The quantitative estimate of drug-likeness (QED) is 0.617. The number of primary amides is 1. The Morgan fingerprint density at radius 2 is 1.86 bits per heavy atom. The number of imidazole rings is 1. The summed E-state index contributed by atoms with van der Waals surface area (Å²) in [4.78, 5) is 17.8. The molecular formula is C16H14F6N4O2. The Kier molecular flexibility index (Phi) is 5.71. The van der Waals surface area contributed by atoms with Crippen LogP contribution in [0.3, 0.4) is 0 Å². The molecule has 6 nitrogen and oxygen atoms in total. The van der Waals surface area contributed by atoms with Crippen LogP contribution in [0, 0.1) is 0 Å². The van der Waals surface area contributed by atoms with Crippen molar-refractivity contribution in [1.82, 2.24) is 9.55 Å². The average molecular weight is 408 g/mol. The zero-order chi connectivity index (χ0) is 21.3. The summed E-state index contributed by atoms with van der Waals surface area (Å²) in [5, 5.41) is 0. The van der Waals surface area contributed by atoms with Crippen molar-refractivity contribution in [3.63, 3.8) is 0 Å².